The summed E-state index contributed by atoms with van der Waals surface area (Å²) in [5.74, 6) is 0. The van der Waals surface area contributed by atoms with Crippen LogP contribution in [0, 0.1) is 0 Å². The number of hydrogen-bond acceptors (Lipinski definition) is 3. The van der Waals surface area contributed by atoms with Crippen LogP contribution >= 0.6 is 22.7 Å². The quantitative estimate of drug-likeness (QED) is 0.140. The molecular formula is C59H43NS2. The van der Waals surface area contributed by atoms with E-state index >= 15 is 0 Å². The van der Waals surface area contributed by atoms with Crippen LogP contribution in [0.5, 0.6) is 0 Å². The Morgan fingerprint density at radius 2 is 0.516 bits per heavy atom. The van der Waals surface area contributed by atoms with Crippen molar-refractivity contribution >= 4 is 39.7 Å². The highest BCUT2D eigenvalue weighted by atomic mass is 32.1. The standard InChI is InChI=1S/C59H43NS2/c1-59(2)53-51(55(44-22-12-5-13-23-44)61-57(53)45-24-14-6-15-25-45)52-54(59)58(46-26-16-7-17-27-46)62-56(52)47-32-38-50(39-33-47)60(48-34-28-42(29-35-48)40-18-8-3-9-19-40)49-36-30-43(31-37-49)41-20-10-4-11-21-41/h3-39H,1-2H3. The zero-order valence-electron chi connectivity index (χ0n) is 34.6. The first-order valence-corrected chi connectivity index (χ1v) is 22.9. The molecule has 296 valence electrons. The van der Waals surface area contributed by atoms with Crippen LogP contribution in [0.25, 0.3) is 75.1 Å². The number of benzene rings is 8. The van der Waals surface area contributed by atoms with Crippen LogP contribution in [-0.4, -0.2) is 0 Å². The van der Waals surface area contributed by atoms with Gasteiger partial charge in [0.25, 0.3) is 0 Å². The van der Waals surface area contributed by atoms with Crippen molar-refractivity contribution in [3.8, 4) is 75.1 Å². The summed E-state index contributed by atoms with van der Waals surface area (Å²) >= 11 is 3.88. The maximum atomic E-state index is 2.45. The SMILES string of the molecule is CC1(C)c2c(-c3ccccc3)sc(-c3ccccc3)c2-c2c(-c3ccc(N(c4ccc(-c5ccccc5)cc4)c4ccc(-c5ccccc5)cc4)cc3)sc(-c3ccccc3)c21. The van der Waals surface area contributed by atoms with Crippen LogP contribution in [0.15, 0.2) is 224 Å². The molecule has 0 radical (unpaired) electrons. The van der Waals surface area contributed by atoms with Gasteiger partial charge in [0.15, 0.2) is 0 Å². The van der Waals surface area contributed by atoms with Gasteiger partial charge in [-0.3, -0.25) is 0 Å². The highest BCUT2D eigenvalue weighted by Gasteiger charge is 2.46. The first-order valence-electron chi connectivity index (χ1n) is 21.3. The van der Waals surface area contributed by atoms with Crippen LogP contribution in [0.1, 0.15) is 25.0 Å². The second kappa shape index (κ2) is 15.8. The molecule has 2 heterocycles. The lowest BCUT2D eigenvalue weighted by molar-refractivity contribution is 0.668. The fourth-order valence-electron chi connectivity index (χ4n) is 9.31. The van der Waals surface area contributed by atoms with Crippen molar-refractivity contribution in [1.29, 1.82) is 0 Å². The Bertz CT molecular complexity index is 3050. The number of fused-ring (bicyclic) bond motifs is 3. The molecule has 11 rings (SSSR count). The molecule has 2 aromatic heterocycles. The van der Waals surface area contributed by atoms with Crippen molar-refractivity contribution in [3.63, 3.8) is 0 Å². The molecule has 10 aromatic rings. The average Bonchev–Trinajstić information content (AvgIpc) is 4.01. The third kappa shape index (κ3) is 6.62. The summed E-state index contributed by atoms with van der Waals surface area (Å²) in [6.45, 7) is 4.89. The predicted molar refractivity (Wildman–Crippen MR) is 267 cm³/mol. The third-order valence-electron chi connectivity index (χ3n) is 12.3. The zero-order valence-corrected chi connectivity index (χ0v) is 36.3. The summed E-state index contributed by atoms with van der Waals surface area (Å²) < 4.78 is 0. The van der Waals surface area contributed by atoms with E-state index < -0.39 is 0 Å². The molecule has 0 saturated carbocycles. The number of thiophene rings is 2. The van der Waals surface area contributed by atoms with Gasteiger partial charge in [-0.2, -0.15) is 0 Å². The Kier molecular flexibility index (Phi) is 9.65. The van der Waals surface area contributed by atoms with Gasteiger partial charge in [-0.1, -0.05) is 202 Å². The van der Waals surface area contributed by atoms with Gasteiger partial charge >= 0.3 is 0 Å². The number of rotatable bonds is 9. The summed E-state index contributed by atoms with van der Waals surface area (Å²) in [6.07, 6.45) is 0. The van der Waals surface area contributed by atoms with Gasteiger partial charge in [0.05, 0.1) is 0 Å². The van der Waals surface area contributed by atoms with Gasteiger partial charge in [-0.05, 0) is 92.0 Å². The van der Waals surface area contributed by atoms with Crippen LogP contribution in [0.3, 0.4) is 0 Å². The minimum Gasteiger partial charge on any atom is -0.311 e. The number of anilines is 3. The fourth-order valence-corrected chi connectivity index (χ4v) is 12.3. The maximum Gasteiger partial charge on any atom is 0.0462 e. The predicted octanol–water partition coefficient (Wildman–Crippen LogP) is 17.6. The van der Waals surface area contributed by atoms with Crippen molar-refractivity contribution in [2.75, 3.05) is 4.90 Å². The molecule has 1 nitrogen and oxygen atoms in total. The summed E-state index contributed by atoms with van der Waals surface area (Å²) in [4.78, 5) is 7.74. The highest BCUT2D eigenvalue weighted by molar-refractivity contribution is 7.21. The lowest BCUT2D eigenvalue weighted by Crippen LogP contribution is -2.15. The molecule has 8 aromatic carbocycles. The molecule has 0 aliphatic heterocycles. The minimum absolute atomic E-state index is 0.228. The van der Waals surface area contributed by atoms with Crippen LogP contribution in [-0.2, 0) is 5.41 Å². The third-order valence-corrected chi connectivity index (χ3v) is 14.9. The number of hydrogen-bond donors (Lipinski definition) is 0. The van der Waals surface area contributed by atoms with Gasteiger partial charge in [-0.25, -0.2) is 0 Å². The Morgan fingerprint density at radius 1 is 0.274 bits per heavy atom. The molecular weight excluding hydrogens is 787 g/mol. The van der Waals surface area contributed by atoms with Crippen molar-refractivity contribution < 1.29 is 0 Å². The van der Waals surface area contributed by atoms with E-state index in [0.717, 1.165) is 17.1 Å². The molecule has 0 spiro atoms. The van der Waals surface area contributed by atoms with Crippen molar-refractivity contribution in [2.24, 2.45) is 0 Å². The zero-order chi connectivity index (χ0) is 41.6. The minimum atomic E-state index is -0.228. The summed E-state index contributed by atoms with van der Waals surface area (Å²) in [7, 11) is 0. The first kappa shape index (κ1) is 37.9. The highest BCUT2D eigenvalue weighted by Crippen LogP contribution is 2.65. The maximum absolute atomic E-state index is 2.45. The monoisotopic (exact) mass is 829 g/mol. The van der Waals surface area contributed by atoms with Crippen molar-refractivity contribution in [3.05, 3.63) is 236 Å². The van der Waals surface area contributed by atoms with Crippen molar-refractivity contribution in [2.45, 2.75) is 19.3 Å². The van der Waals surface area contributed by atoms with E-state index in [1.54, 1.807) is 0 Å². The lowest BCUT2D eigenvalue weighted by atomic mass is 9.80. The molecule has 0 amide bonds. The van der Waals surface area contributed by atoms with Gasteiger partial charge in [-0.15, -0.1) is 22.7 Å². The summed E-state index contributed by atoms with van der Waals surface area (Å²) in [5.41, 5.74) is 18.6. The van der Waals surface area contributed by atoms with E-state index in [4.69, 9.17) is 0 Å². The molecule has 0 N–H and O–H groups in total. The van der Waals surface area contributed by atoms with Crippen LogP contribution in [0.4, 0.5) is 17.1 Å². The Hall–Kier alpha value is -7.04. The number of nitrogens with zero attached hydrogens (tertiary/aromatic N) is 1. The van der Waals surface area contributed by atoms with Gasteiger partial charge in [0, 0.05) is 53.1 Å². The average molecular weight is 830 g/mol. The Morgan fingerprint density at radius 3 is 0.839 bits per heavy atom. The molecule has 1 aliphatic carbocycles. The molecule has 0 atom stereocenters. The van der Waals surface area contributed by atoms with Gasteiger partial charge < -0.3 is 4.90 Å². The van der Waals surface area contributed by atoms with E-state index in [1.165, 1.54) is 86.3 Å². The molecule has 0 unspecified atom stereocenters. The lowest BCUT2D eigenvalue weighted by Gasteiger charge is -2.26. The molecule has 0 saturated heterocycles. The van der Waals surface area contributed by atoms with Gasteiger partial charge in [0.2, 0.25) is 0 Å². The van der Waals surface area contributed by atoms with E-state index in [0.29, 0.717) is 0 Å². The Labute approximate surface area is 372 Å². The van der Waals surface area contributed by atoms with E-state index in [2.05, 4.69) is 243 Å². The Balaban J connectivity index is 1.07. The summed E-state index contributed by atoms with van der Waals surface area (Å²) in [6, 6.07) is 81.5. The largest absolute Gasteiger partial charge is 0.311 e. The topological polar surface area (TPSA) is 3.24 Å². The first-order chi connectivity index (χ1) is 30.5. The van der Waals surface area contributed by atoms with E-state index in [-0.39, 0.29) is 5.41 Å². The molecule has 0 bridgehead atoms. The van der Waals surface area contributed by atoms with Crippen LogP contribution < -0.4 is 4.90 Å². The second-order valence-corrected chi connectivity index (χ2v) is 18.5. The van der Waals surface area contributed by atoms with Gasteiger partial charge in [0.1, 0.15) is 0 Å². The van der Waals surface area contributed by atoms with Crippen LogP contribution in [0.2, 0.25) is 0 Å². The molecule has 1 aliphatic rings. The molecule has 0 fully saturated rings. The summed E-state index contributed by atoms with van der Waals surface area (Å²) in [5, 5.41) is 0. The van der Waals surface area contributed by atoms with E-state index in [9.17, 15) is 0 Å². The molecule has 62 heavy (non-hydrogen) atoms. The smallest absolute Gasteiger partial charge is 0.0462 e. The normalized spacial score (nSPS) is 12.5. The molecule has 3 heteroatoms. The van der Waals surface area contributed by atoms with Crippen molar-refractivity contribution in [1.82, 2.24) is 0 Å². The van der Waals surface area contributed by atoms with E-state index in [1.807, 2.05) is 22.7 Å². The fraction of sp³-hybridized carbons (Fsp3) is 0.0508. The second-order valence-electron chi connectivity index (χ2n) is 16.5.